The molecule has 1 aliphatic heterocycles. The number of piperazine rings is 1. The smallest absolute Gasteiger partial charge is 0.275 e. The first-order valence-electron chi connectivity index (χ1n) is 9.59. The average Bonchev–Trinajstić information content (AvgIpc) is 3.12. The molecule has 0 radical (unpaired) electrons. The summed E-state index contributed by atoms with van der Waals surface area (Å²) in [6, 6.07) is 11.2. The lowest BCUT2D eigenvalue weighted by Gasteiger charge is -2.34. The first-order chi connectivity index (χ1) is 13.8. The summed E-state index contributed by atoms with van der Waals surface area (Å²) in [5.74, 6) is -0.175. The fourth-order valence-electron chi connectivity index (χ4n) is 3.70. The monoisotopic (exact) mass is 412 g/mol. The maximum Gasteiger partial charge on any atom is 0.275 e. The number of benzene rings is 2. The number of sulfonamides is 1. The third-order valence-corrected chi connectivity index (χ3v) is 7.45. The Morgan fingerprint density at radius 2 is 1.62 bits per heavy atom. The zero-order valence-corrected chi connectivity index (χ0v) is 17.6. The highest BCUT2D eigenvalue weighted by molar-refractivity contribution is 7.89. The number of carbonyl (C=O) groups is 1. The molecule has 1 saturated heterocycles. The molecule has 4 rings (SSSR count). The summed E-state index contributed by atoms with van der Waals surface area (Å²) in [4.78, 5) is 15.0. The molecule has 2 aromatic carbocycles. The number of carbonyl (C=O) groups excluding carboxylic acids is 1. The second-order valence-electron chi connectivity index (χ2n) is 7.59. The predicted octanol–water partition coefficient (Wildman–Crippen LogP) is 2.63. The fourth-order valence-corrected chi connectivity index (χ4v) is 5.43. The Hall–Kier alpha value is -2.71. The lowest BCUT2D eigenvalue weighted by molar-refractivity contribution is 0.0694. The van der Waals surface area contributed by atoms with E-state index in [9.17, 15) is 13.2 Å². The van der Waals surface area contributed by atoms with Crippen LogP contribution in [0.15, 0.2) is 41.3 Å². The molecule has 0 unspecified atom stereocenters. The van der Waals surface area contributed by atoms with Crippen molar-refractivity contribution in [3.8, 4) is 0 Å². The van der Waals surface area contributed by atoms with Gasteiger partial charge in [-0.25, -0.2) is 8.42 Å². The van der Waals surface area contributed by atoms with Gasteiger partial charge < -0.3 is 4.90 Å². The lowest BCUT2D eigenvalue weighted by Crippen LogP contribution is -2.50. The highest BCUT2D eigenvalue weighted by atomic mass is 32.2. The fraction of sp³-hybridized carbons (Fsp3) is 0.333. The largest absolute Gasteiger partial charge is 0.335 e. The van der Waals surface area contributed by atoms with E-state index in [-0.39, 0.29) is 19.0 Å². The number of hydrogen-bond donors (Lipinski definition) is 1. The number of amides is 1. The summed E-state index contributed by atoms with van der Waals surface area (Å²) < 4.78 is 27.6. The summed E-state index contributed by atoms with van der Waals surface area (Å²) in [5, 5.41) is 7.89. The van der Waals surface area contributed by atoms with Crippen molar-refractivity contribution in [2.45, 2.75) is 25.7 Å². The molecular formula is C21H24N4O3S. The molecule has 1 amide bonds. The van der Waals surface area contributed by atoms with E-state index in [0.717, 1.165) is 27.6 Å². The third kappa shape index (κ3) is 3.54. The molecule has 1 fully saturated rings. The number of nitrogens with zero attached hydrogens (tertiary/aromatic N) is 3. The van der Waals surface area contributed by atoms with Crippen molar-refractivity contribution in [1.29, 1.82) is 0 Å². The maximum absolute atomic E-state index is 13.1. The standard InChI is InChI=1S/C21H24N4O3S/c1-14-5-7-18-17(12-14)20(23-22-18)21(26)24-8-10-25(11-9-24)29(27,28)19-13-15(2)4-6-16(19)3/h4-7,12-13H,8-11H2,1-3H3,(H,22,23). The second-order valence-corrected chi connectivity index (χ2v) is 9.49. The first-order valence-corrected chi connectivity index (χ1v) is 11.0. The van der Waals surface area contributed by atoms with E-state index in [1.54, 1.807) is 17.9 Å². The maximum atomic E-state index is 13.1. The molecule has 8 heteroatoms. The number of aryl methyl sites for hydroxylation is 3. The van der Waals surface area contributed by atoms with Gasteiger partial charge in [0.25, 0.3) is 5.91 Å². The average molecular weight is 413 g/mol. The van der Waals surface area contributed by atoms with Gasteiger partial charge in [0.15, 0.2) is 5.69 Å². The van der Waals surface area contributed by atoms with Crippen molar-refractivity contribution < 1.29 is 13.2 Å². The molecule has 0 bridgehead atoms. The van der Waals surface area contributed by atoms with Crippen LogP contribution in [0.25, 0.3) is 10.9 Å². The Kier molecular flexibility index (Phi) is 4.92. The number of hydrogen-bond acceptors (Lipinski definition) is 4. The zero-order valence-electron chi connectivity index (χ0n) is 16.8. The highest BCUT2D eigenvalue weighted by Crippen LogP contribution is 2.24. The summed E-state index contributed by atoms with van der Waals surface area (Å²) in [6.07, 6.45) is 0. The van der Waals surface area contributed by atoms with Gasteiger partial charge in [0.2, 0.25) is 10.0 Å². The van der Waals surface area contributed by atoms with Crippen LogP contribution in [0.2, 0.25) is 0 Å². The number of aromatic amines is 1. The van der Waals surface area contributed by atoms with E-state index in [1.165, 1.54) is 4.31 Å². The van der Waals surface area contributed by atoms with Crippen LogP contribution in [0.1, 0.15) is 27.2 Å². The van der Waals surface area contributed by atoms with Gasteiger partial charge in [0.1, 0.15) is 0 Å². The second kappa shape index (κ2) is 7.27. The molecule has 0 saturated carbocycles. The number of rotatable bonds is 3. The van der Waals surface area contributed by atoms with Crippen LogP contribution in [0.5, 0.6) is 0 Å². The molecule has 152 valence electrons. The minimum Gasteiger partial charge on any atom is -0.335 e. The van der Waals surface area contributed by atoms with Crippen molar-refractivity contribution in [2.24, 2.45) is 0 Å². The topological polar surface area (TPSA) is 86.4 Å². The number of fused-ring (bicyclic) bond motifs is 1. The van der Waals surface area contributed by atoms with Gasteiger partial charge in [-0.05, 0) is 50.1 Å². The van der Waals surface area contributed by atoms with Crippen LogP contribution in [0.4, 0.5) is 0 Å². The van der Waals surface area contributed by atoms with Gasteiger partial charge in [-0.1, -0.05) is 23.8 Å². The van der Waals surface area contributed by atoms with Gasteiger partial charge in [-0.15, -0.1) is 0 Å². The Morgan fingerprint density at radius 3 is 2.34 bits per heavy atom. The summed E-state index contributed by atoms with van der Waals surface area (Å²) in [6.45, 7) is 6.86. The molecule has 1 aromatic heterocycles. The zero-order chi connectivity index (χ0) is 20.8. The van der Waals surface area contributed by atoms with E-state index in [0.29, 0.717) is 23.7 Å². The Labute approximate surface area is 170 Å². The van der Waals surface area contributed by atoms with Gasteiger partial charge in [0, 0.05) is 31.6 Å². The predicted molar refractivity (Wildman–Crippen MR) is 111 cm³/mol. The first kappa shape index (κ1) is 19.6. The van der Waals surface area contributed by atoms with Crippen molar-refractivity contribution in [2.75, 3.05) is 26.2 Å². The Bertz CT molecular complexity index is 1190. The third-order valence-electron chi connectivity index (χ3n) is 5.41. The van der Waals surface area contributed by atoms with Crippen LogP contribution >= 0.6 is 0 Å². The molecule has 1 aliphatic rings. The van der Waals surface area contributed by atoms with Crippen molar-refractivity contribution in [3.05, 3.63) is 58.8 Å². The minimum absolute atomic E-state index is 0.175. The normalized spacial score (nSPS) is 15.8. The Balaban J connectivity index is 1.52. The molecule has 0 aliphatic carbocycles. The van der Waals surface area contributed by atoms with Crippen LogP contribution in [0, 0.1) is 20.8 Å². The number of nitrogens with one attached hydrogen (secondary N) is 1. The molecule has 0 spiro atoms. The molecule has 7 nitrogen and oxygen atoms in total. The quantitative estimate of drug-likeness (QED) is 0.717. The van der Waals surface area contributed by atoms with Crippen LogP contribution < -0.4 is 0 Å². The molecule has 29 heavy (non-hydrogen) atoms. The van der Waals surface area contributed by atoms with Gasteiger partial charge in [-0.3, -0.25) is 9.89 Å². The summed E-state index contributed by atoms with van der Waals surface area (Å²) in [5.41, 5.74) is 3.89. The lowest BCUT2D eigenvalue weighted by atomic mass is 10.1. The van der Waals surface area contributed by atoms with Crippen LogP contribution in [0.3, 0.4) is 0 Å². The summed E-state index contributed by atoms with van der Waals surface area (Å²) in [7, 11) is -3.58. The molecular weight excluding hydrogens is 388 g/mol. The van der Waals surface area contributed by atoms with E-state index >= 15 is 0 Å². The SMILES string of the molecule is Cc1ccc(C)c(S(=O)(=O)N2CCN(C(=O)c3n[nH]c4ccc(C)cc34)CC2)c1. The summed E-state index contributed by atoms with van der Waals surface area (Å²) >= 11 is 0. The van der Waals surface area contributed by atoms with Gasteiger partial charge >= 0.3 is 0 Å². The minimum atomic E-state index is -3.58. The van der Waals surface area contributed by atoms with Crippen molar-refractivity contribution in [3.63, 3.8) is 0 Å². The van der Waals surface area contributed by atoms with E-state index in [2.05, 4.69) is 10.2 Å². The highest BCUT2D eigenvalue weighted by Gasteiger charge is 2.32. The van der Waals surface area contributed by atoms with E-state index in [4.69, 9.17) is 0 Å². The number of H-pyrrole nitrogens is 1. The van der Waals surface area contributed by atoms with E-state index < -0.39 is 10.0 Å². The molecule has 0 atom stereocenters. The number of aromatic nitrogens is 2. The van der Waals surface area contributed by atoms with Crippen LogP contribution in [-0.4, -0.2) is 59.9 Å². The molecule has 1 N–H and O–H groups in total. The van der Waals surface area contributed by atoms with Crippen molar-refractivity contribution >= 4 is 26.8 Å². The Morgan fingerprint density at radius 1 is 0.966 bits per heavy atom. The van der Waals surface area contributed by atoms with Gasteiger partial charge in [-0.2, -0.15) is 9.40 Å². The molecule has 2 heterocycles. The van der Waals surface area contributed by atoms with Crippen LogP contribution in [-0.2, 0) is 10.0 Å². The van der Waals surface area contributed by atoms with E-state index in [1.807, 2.05) is 44.2 Å². The van der Waals surface area contributed by atoms with Gasteiger partial charge in [0.05, 0.1) is 10.4 Å². The molecule has 3 aromatic rings. The van der Waals surface area contributed by atoms with Crippen molar-refractivity contribution in [1.82, 2.24) is 19.4 Å².